The molecule has 0 saturated carbocycles. The number of rotatable bonds is 9. The van der Waals surface area contributed by atoms with Gasteiger partial charge in [-0.15, -0.1) is 0 Å². The maximum atomic E-state index is 13.6. The molecule has 0 N–H and O–H groups in total. The van der Waals surface area contributed by atoms with Gasteiger partial charge in [0.1, 0.15) is 11.6 Å². The fourth-order valence-electron chi connectivity index (χ4n) is 3.06. The summed E-state index contributed by atoms with van der Waals surface area (Å²) in [5.41, 5.74) is 0.572. The highest BCUT2D eigenvalue weighted by atomic mass is 32.2. The first kappa shape index (κ1) is 22.3. The van der Waals surface area contributed by atoms with Gasteiger partial charge in [-0.25, -0.2) is 17.8 Å². The normalized spacial score (nSPS) is 11.9. The highest BCUT2D eigenvalue weighted by molar-refractivity contribution is 7.92. The molecule has 0 unspecified atom stereocenters. The minimum Gasteiger partial charge on any atom is -0.302 e. The second-order valence-electron chi connectivity index (χ2n) is 6.75. The summed E-state index contributed by atoms with van der Waals surface area (Å²) in [5.74, 6) is -1.59. The number of anilines is 1. The Morgan fingerprint density at radius 1 is 1.07 bits per heavy atom. The predicted molar refractivity (Wildman–Crippen MR) is 118 cm³/mol. The molecule has 0 radical (unpaired) electrons. The lowest BCUT2D eigenvalue weighted by molar-refractivity contribution is -0.116. The van der Waals surface area contributed by atoms with Crippen LogP contribution in [0.15, 0.2) is 53.4 Å². The van der Waals surface area contributed by atoms with E-state index < -0.39 is 21.5 Å². The lowest BCUT2D eigenvalue weighted by atomic mass is 10.3. The molecule has 1 amide bonds. The molecule has 30 heavy (non-hydrogen) atoms. The van der Waals surface area contributed by atoms with Gasteiger partial charge in [-0.1, -0.05) is 43.4 Å². The molecule has 1 heterocycles. The molecule has 0 aliphatic heterocycles. The number of hydrogen-bond acceptors (Lipinski definition) is 6. The molecule has 0 aliphatic rings. The van der Waals surface area contributed by atoms with Crippen molar-refractivity contribution in [1.29, 1.82) is 0 Å². The number of fused-ring (bicyclic) bond motifs is 1. The van der Waals surface area contributed by atoms with Crippen molar-refractivity contribution in [3.8, 4) is 0 Å². The quantitative estimate of drug-likeness (QED) is 0.499. The standard InChI is InChI=1S/C21H24FN3O3S2/c1-3-24(4-2)12-13-25(21-23-18-11-10-16(22)14-19(18)29-21)20(26)15-30(27,28)17-8-6-5-7-9-17/h5-11,14H,3-4,12-13,15H2,1-2H3. The first-order valence-electron chi connectivity index (χ1n) is 9.70. The number of carbonyl (C=O) groups is 1. The third-order valence-corrected chi connectivity index (χ3v) is 7.48. The Hall–Kier alpha value is -2.36. The van der Waals surface area contributed by atoms with Crippen LogP contribution in [0.4, 0.5) is 9.52 Å². The Kier molecular flexibility index (Phi) is 7.17. The zero-order chi connectivity index (χ0) is 21.7. The van der Waals surface area contributed by atoms with Crippen LogP contribution in [0, 0.1) is 5.82 Å². The van der Waals surface area contributed by atoms with Crippen molar-refractivity contribution < 1.29 is 17.6 Å². The first-order valence-corrected chi connectivity index (χ1v) is 12.2. The first-order chi connectivity index (χ1) is 14.3. The number of likely N-dealkylation sites (N-methyl/N-ethyl adjacent to an activating group) is 1. The van der Waals surface area contributed by atoms with Crippen LogP contribution >= 0.6 is 11.3 Å². The van der Waals surface area contributed by atoms with E-state index in [0.29, 0.717) is 28.4 Å². The topological polar surface area (TPSA) is 70.6 Å². The molecule has 0 aliphatic carbocycles. The van der Waals surface area contributed by atoms with E-state index in [1.54, 1.807) is 24.3 Å². The number of thiazole rings is 1. The summed E-state index contributed by atoms with van der Waals surface area (Å²) in [6, 6.07) is 12.1. The highest BCUT2D eigenvalue weighted by Crippen LogP contribution is 2.30. The molecular formula is C21H24FN3O3S2. The lowest BCUT2D eigenvalue weighted by Crippen LogP contribution is -2.41. The van der Waals surface area contributed by atoms with Gasteiger partial charge in [-0.2, -0.15) is 0 Å². The number of aromatic nitrogens is 1. The molecule has 2 aromatic carbocycles. The summed E-state index contributed by atoms with van der Waals surface area (Å²) in [6.07, 6.45) is 0. The van der Waals surface area contributed by atoms with E-state index in [1.807, 2.05) is 13.8 Å². The number of carbonyl (C=O) groups excluding carboxylic acids is 1. The number of sulfone groups is 1. The van der Waals surface area contributed by atoms with Gasteiger partial charge in [0.15, 0.2) is 15.0 Å². The fourth-order valence-corrected chi connectivity index (χ4v) is 5.31. The smallest absolute Gasteiger partial charge is 0.244 e. The summed E-state index contributed by atoms with van der Waals surface area (Å²) in [5, 5.41) is 0.371. The monoisotopic (exact) mass is 449 g/mol. The molecular weight excluding hydrogens is 425 g/mol. The van der Waals surface area contributed by atoms with Gasteiger partial charge in [-0.3, -0.25) is 9.69 Å². The Balaban J connectivity index is 1.90. The third-order valence-electron chi connectivity index (χ3n) is 4.82. The summed E-state index contributed by atoms with van der Waals surface area (Å²) in [6.45, 7) is 6.55. The maximum Gasteiger partial charge on any atom is 0.244 e. The fraction of sp³-hybridized carbons (Fsp3) is 0.333. The maximum absolute atomic E-state index is 13.6. The third kappa shape index (κ3) is 5.21. The van der Waals surface area contributed by atoms with E-state index in [1.165, 1.54) is 40.5 Å². The van der Waals surface area contributed by atoms with Crippen molar-refractivity contribution in [3.63, 3.8) is 0 Å². The second-order valence-corrected chi connectivity index (χ2v) is 9.75. The van der Waals surface area contributed by atoms with Gasteiger partial charge >= 0.3 is 0 Å². The van der Waals surface area contributed by atoms with Crippen LogP contribution in [-0.2, 0) is 14.6 Å². The Morgan fingerprint density at radius 3 is 2.43 bits per heavy atom. The molecule has 0 spiro atoms. The molecule has 0 saturated heterocycles. The molecule has 1 aromatic heterocycles. The van der Waals surface area contributed by atoms with Crippen molar-refractivity contribution in [2.75, 3.05) is 36.8 Å². The molecule has 9 heteroatoms. The minimum atomic E-state index is -3.79. The average molecular weight is 450 g/mol. The largest absolute Gasteiger partial charge is 0.302 e. The van der Waals surface area contributed by atoms with Crippen molar-refractivity contribution in [2.24, 2.45) is 0 Å². The van der Waals surface area contributed by atoms with Crippen LogP contribution in [0.1, 0.15) is 13.8 Å². The number of hydrogen-bond donors (Lipinski definition) is 0. The summed E-state index contributed by atoms with van der Waals surface area (Å²) in [4.78, 5) is 21.2. The van der Waals surface area contributed by atoms with Crippen LogP contribution < -0.4 is 4.90 Å². The van der Waals surface area contributed by atoms with Crippen molar-refractivity contribution >= 4 is 42.4 Å². The van der Waals surface area contributed by atoms with E-state index in [0.717, 1.165) is 13.1 Å². The van der Waals surface area contributed by atoms with Crippen LogP contribution in [0.5, 0.6) is 0 Å². The zero-order valence-electron chi connectivity index (χ0n) is 16.9. The lowest BCUT2D eigenvalue weighted by Gasteiger charge is -2.24. The molecule has 0 bridgehead atoms. The Morgan fingerprint density at radius 2 is 1.77 bits per heavy atom. The van der Waals surface area contributed by atoms with E-state index >= 15 is 0 Å². The van der Waals surface area contributed by atoms with Gasteiger partial charge in [0.2, 0.25) is 5.91 Å². The molecule has 6 nitrogen and oxygen atoms in total. The number of nitrogens with zero attached hydrogens (tertiary/aromatic N) is 3. The second kappa shape index (κ2) is 9.63. The van der Waals surface area contributed by atoms with Gasteiger partial charge < -0.3 is 4.90 Å². The molecule has 160 valence electrons. The molecule has 3 rings (SSSR count). The van der Waals surface area contributed by atoms with E-state index in [4.69, 9.17) is 0 Å². The Bertz CT molecular complexity index is 1110. The molecule has 0 fully saturated rings. The number of halogens is 1. The Labute approximate surface area is 179 Å². The van der Waals surface area contributed by atoms with Crippen molar-refractivity contribution in [3.05, 3.63) is 54.3 Å². The van der Waals surface area contributed by atoms with Crippen molar-refractivity contribution in [2.45, 2.75) is 18.7 Å². The van der Waals surface area contributed by atoms with Crippen LogP contribution in [-0.4, -0.2) is 56.1 Å². The van der Waals surface area contributed by atoms with Crippen LogP contribution in [0.2, 0.25) is 0 Å². The van der Waals surface area contributed by atoms with Crippen LogP contribution in [0.3, 0.4) is 0 Å². The molecule has 3 aromatic rings. The average Bonchev–Trinajstić information content (AvgIpc) is 3.14. The number of amides is 1. The summed E-state index contributed by atoms with van der Waals surface area (Å²) < 4.78 is 39.6. The van der Waals surface area contributed by atoms with Gasteiger partial charge in [0.25, 0.3) is 0 Å². The summed E-state index contributed by atoms with van der Waals surface area (Å²) >= 11 is 1.18. The minimum absolute atomic E-state index is 0.105. The van der Waals surface area contributed by atoms with Gasteiger partial charge in [0.05, 0.1) is 15.1 Å². The van der Waals surface area contributed by atoms with Gasteiger partial charge in [0, 0.05) is 13.1 Å². The highest BCUT2D eigenvalue weighted by Gasteiger charge is 2.26. The van der Waals surface area contributed by atoms with Crippen molar-refractivity contribution in [1.82, 2.24) is 9.88 Å². The van der Waals surface area contributed by atoms with E-state index in [9.17, 15) is 17.6 Å². The van der Waals surface area contributed by atoms with E-state index in [-0.39, 0.29) is 10.7 Å². The van der Waals surface area contributed by atoms with E-state index in [2.05, 4.69) is 9.88 Å². The number of benzene rings is 2. The molecule has 0 atom stereocenters. The van der Waals surface area contributed by atoms with Gasteiger partial charge in [-0.05, 0) is 43.4 Å². The van der Waals surface area contributed by atoms with Crippen LogP contribution in [0.25, 0.3) is 10.2 Å². The summed E-state index contributed by atoms with van der Waals surface area (Å²) in [7, 11) is -3.79. The zero-order valence-corrected chi connectivity index (χ0v) is 18.5. The SMILES string of the molecule is CCN(CC)CCN(C(=O)CS(=O)(=O)c1ccccc1)c1nc2ccc(F)cc2s1. The predicted octanol–water partition coefficient (Wildman–Crippen LogP) is 3.58.